The van der Waals surface area contributed by atoms with Crippen molar-refractivity contribution in [1.82, 2.24) is 0 Å². The summed E-state index contributed by atoms with van der Waals surface area (Å²) in [5.41, 5.74) is 7.71. The lowest BCUT2D eigenvalue weighted by molar-refractivity contribution is -0.114. The molecule has 0 spiro atoms. The van der Waals surface area contributed by atoms with Gasteiger partial charge in [-0.3, -0.25) is 9.59 Å². The van der Waals surface area contributed by atoms with E-state index in [9.17, 15) is 9.59 Å². The molecule has 6 heteroatoms. The van der Waals surface area contributed by atoms with Crippen LogP contribution in [0.2, 0.25) is 5.02 Å². The summed E-state index contributed by atoms with van der Waals surface area (Å²) in [5.74, 6) is -0.591. The first-order valence-electron chi connectivity index (χ1n) is 6.67. The fourth-order valence-corrected chi connectivity index (χ4v) is 2.06. The molecule has 2 amide bonds. The summed E-state index contributed by atoms with van der Waals surface area (Å²) >= 11 is 6.08. The van der Waals surface area contributed by atoms with Gasteiger partial charge in [-0.25, -0.2) is 0 Å². The summed E-state index contributed by atoms with van der Waals surface area (Å²) in [6.07, 6.45) is 0. The van der Waals surface area contributed by atoms with Gasteiger partial charge in [-0.1, -0.05) is 29.3 Å². The van der Waals surface area contributed by atoms with Crippen molar-refractivity contribution in [2.45, 2.75) is 6.92 Å². The Morgan fingerprint density at radius 3 is 2.59 bits per heavy atom. The molecule has 0 aliphatic heterocycles. The molecule has 0 bridgehead atoms. The summed E-state index contributed by atoms with van der Waals surface area (Å²) in [6, 6.07) is 12.0. The Labute approximate surface area is 133 Å². The van der Waals surface area contributed by atoms with Crippen LogP contribution >= 0.6 is 11.6 Å². The maximum absolute atomic E-state index is 12.2. The normalized spacial score (nSPS) is 10.1. The van der Waals surface area contributed by atoms with Crippen LogP contribution in [0.4, 0.5) is 11.4 Å². The number of hydrogen-bond donors (Lipinski definition) is 3. The Hall–Kier alpha value is -2.37. The molecule has 4 N–H and O–H groups in total. The Morgan fingerprint density at radius 2 is 1.91 bits per heavy atom. The molecule has 2 aromatic rings. The van der Waals surface area contributed by atoms with Crippen LogP contribution in [-0.2, 0) is 4.79 Å². The lowest BCUT2D eigenvalue weighted by Crippen LogP contribution is -2.22. The zero-order valence-corrected chi connectivity index (χ0v) is 12.8. The number of amides is 2. The van der Waals surface area contributed by atoms with Crippen molar-refractivity contribution in [2.75, 3.05) is 17.2 Å². The number of carbonyl (C=O) groups is 2. The highest BCUT2D eigenvalue weighted by molar-refractivity contribution is 6.34. The number of hydrogen-bond acceptors (Lipinski definition) is 3. The van der Waals surface area contributed by atoms with Gasteiger partial charge < -0.3 is 16.4 Å². The topological polar surface area (TPSA) is 84.2 Å². The number of carbonyl (C=O) groups excluding carboxylic acids is 2. The molecule has 2 rings (SSSR count). The van der Waals surface area contributed by atoms with E-state index in [1.165, 1.54) is 0 Å². The predicted octanol–water partition coefficient (Wildman–Crippen LogP) is 2.80. The second-order valence-electron chi connectivity index (χ2n) is 4.77. The minimum atomic E-state index is -0.321. The monoisotopic (exact) mass is 317 g/mol. The third kappa shape index (κ3) is 4.07. The van der Waals surface area contributed by atoms with Crippen molar-refractivity contribution in [3.05, 3.63) is 58.6 Å². The number of halogens is 1. The van der Waals surface area contributed by atoms with Gasteiger partial charge >= 0.3 is 0 Å². The Bertz CT molecular complexity index is 716. The fraction of sp³-hybridized carbons (Fsp3) is 0.125. The summed E-state index contributed by atoms with van der Waals surface area (Å²) in [6.45, 7) is 1.79. The summed E-state index contributed by atoms with van der Waals surface area (Å²) in [4.78, 5) is 23.5. The van der Waals surface area contributed by atoms with Gasteiger partial charge in [0.2, 0.25) is 5.91 Å². The lowest BCUT2D eigenvalue weighted by atomic mass is 10.1. The SMILES string of the molecule is Cc1cccc(C(=O)Nc2cc(NC(=O)CN)ccc2Cl)c1. The smallest absolute Gasteiger partial charge is 0.255 e. The first-order chi connectivity index (χ1) is 10.5. The van der Waals surface area contributed by atoms with E-state index in [0.717, 1.165) is 5.56 Å². The molecule has 0 radical (unpaired) electrons. The number of nitrogens with one attached hydrogen (secondary N) is 2. The highest BCUT2D eigenvalue weighted by Gasteiger charge is 2.10. The molecule has 0 fully saturated rings. The molecule has 22 heavy (non-hydrogen) atoms. The number of rotatable bonds is 4. The average molecular weight is 318 g/mol. The van der Waals surface area contributed by atoms with E-state index < -0.39 is 0 Å². The van der Waals surface area contributed by atoms with Crippen LogP contribution in [0.5, 0.6) is 0 Å². The van der Waals surface area contributed by atoms with Crippen LogP contribution in [-0.4, -0.2) is 18.4 Å². The van der Waals surface area contributed by atoms with E-state index in [-0.39, 0.29) is 18.4 Å². The molecule has 0 saturated carbocycles. The van der Waals surface area contributed by atoms with Gasteiger partial charge in [-0.15, -0.1) is 0 Å². The van der Waals surface area contributed by atoms with E-state index in [2.05, 4.69) is 10.6 Å². The van der Waals surface area contributed by atoms with Crippen LogP contribution in [0, 0.1) is 6.92 Å². The van der Waals surface area contributed by atoms with Crippen molar-refractivity contribution >= 4 is 34.8 Å². The van der Waals surface area contributed by atoms with Crippen molar-refractivity contribution in [3.63, 3.8) is 0 Å². The van der Waals surface area contributed by atoms with E-state index in [4.69, 9.17) is 17.3 Å². The van der Waals surface area contributed by atoms with Crippen molar-refractivity contribution in [3.8, 4) is 0 Å². The van der Waals surface area contributed by atoms with Gasteiger partial charge in [0.25, 0.3) is 5.91 Å². The number of anilines is 2. The quantitative estimate of drug-likeness (QED) is 0.810. The first-order valence-corrected chi connectivity index (χ1v) is 7.05. The van der Waals surface area contributed by atoms with E-state index >= 15 is 0 Å². The molecular weight excluding hydrogens is 302 g/mol. The lowest BCUT2D eigenvalue weighted by Gasteiger charge is -2.10. The Morgan fingerprint density at radius 1 is 1.14 bits per heavy atom. The number of aryl methyl sites for hydroxylation is 1. The van der Waals surface area contributed by atoms with E-state index in [0.29, 0.717) is 22.0 Å². The molecule has 0 aliphatic carbocycles. The van der Waals surface area contributed by atoms with Crippen LogP contribution in [0.15, 0.2) is 42.5 Å². The van der Waals surface area contributed by atoms with Gasteiger partial charge in [-0.05, 0) is 37.3 Å². The van der Waals surface area contributed by atoms with Crippen LogP contribution in [0.25, 0.3) is 0 Å². The predicted molar refractivity (Wildman–Crippen MR) is 88.3 cm³/mol. The minimum Gasteiger partial charge on any atom is -0.325 e. The summed E-state index contributed by atoms with van der Waals surface area (Å²) in [5, 5.41) is 5.72. The van der Waals surface area contributed by atoms with Crippen molar-refractivity contribution in [2.24, 2.45) is 5.73 Å². The summed E-state index contributed by atoms with van der Waals surface area (Å²) in [7, 11) is 0. The first kappa shape index (κ1) is 16.0. The molecule has 0 heterocycles. The Kier molecular flexibility index (Phi) is 5.14. The van der Waals surface area contributed by atoms with Crippen molar-refractivity contribution < 1.29 is 9.59 Å². The molecular formula is C16H16ClN3O2. The third-order valence-electron chi connectivity index (χ3n) is 2.96. The van der Waals surface area contributed by atoms with Gasteiger partial charge in [0.05, 0.1) is 17.3 Å². The molecule has 0 saturated heterocycles. The van der Waals surface area contributed by atoms with Crippen LogP contribution in [0.1, 0.15) is 15.9 Å². The van der Waals surface area contributed by atoms with Crippen LogP contribution < -0.4 is 16.4 Å². The maximum Gasteiger partial charge on any atom is 0.255 e. The average Bonchev–Trinajstić information content (AvgIpc) is 2.50. The zero-order valence-electron chi connectivity index (χ0n) is 12.0. The highest BCUT2D eigenvalue weighted by Crippen LogP contribution is 2.26. The summed E-state index contributed by atoms with van der Waals surface area (Å²) < 4.78 is 0. The molecule has 5 nitrogen and oxygen atoms in total. The van der Waals surface area contributed by atoms with E-state index in [1.807, 2.05) is 19.1 Å². The van der Waals surface area contributed by atoms with Crippen LogP contribution in [0.3, 0.4) is 0 Å². The molecule has 0 aromatic heterocycles. The third-order valence-corrected chi connectivity index (χ3v) is 3.29. The van der Waals surface area contributed by atoms with Crippen molar-refractivity contribution in [1.29, 1.82) is 0 Å². The Balaban J connectivity index is 2.19. The molecule has 0 aliphatic rings. The zero-order chi connectivity index (χ0) is 16.1. The standard InChI is InChI=1S/C16H16ClN3O2/c1-10-3-2-4-11(7-10)16(22)20-14-8-12(5-6-13(14)17)19-15(21)9-18/h2-8H,9,18H2,1H3,(H,19,21)(H,20,22). The van der Waals surface area contributed by atoms with Gasteiger partial charge in [-0.2, -0.15) is 0 Å². The maximum atomic E-state index is 12.2. The second-order valence-corrected chi connectivity index (χ2v) is 5.18. The number of benzene rings is 2. The largest absolute Gasteiger partial charge is 0.325 e. The van der Waals surface area contributed by atoms with Gasteiger partial charge in [0, 0.05) is 11.3 Å². The molecule has 0 atom stereocenters. The molecule has 0 unspecified atom stereocenters. The second kappa shape index (κ2) is 7.06. The highest BCUT2D eigenvalue weighted by atomic mass is 35.5. The van der Waals surface area contributed by atoms with Gasteiger partial charge in [0.1, 0.15) is 0 Å². The number of nitrogens with two attached hydrogens (primary N) is 1. The minimum absolute atomic E-state index is 0.117. The molecule has 2 aromatic carbocycles. The molecule has 114 valence electrons. The van der Waals surface area contributed by atoms with E-state index in [1.54, 1.807) is 30.3 Å². The van der Waals surface area contributed by atoms with Gasteiger partial charge in [0.15, 0.2) is 0 Å². The fourth-order valence-electron chi connectivity index (χ4n) is 1.89.